The smallest absolute Gasteiger partial charge is 0.266 e. The summed E-state index contributed by atoms with van der Waals surface area (Å²) in [5.41, 5.74) is 2.68. The van der Waals surface area contributed by atoms with Crippen molar-refractivity contribution in [2.24, 2.45) is 4.99 Å². The zero-order chi connectivity index (χ0) is 16.4. The molecule has 1 aliphatic heterocycles. The number of amides is 1. The van der Waals surface area contributed by atoms with Crippen molar-refractivity contribution in [2.45, 2.75) is 6.92 Å². The molecule has 3 rings (SSSR count). The molecule has 0 aromatic heterocycles. The van der Waals surface area contributed by atoms with E-state index in [2.05, 4.69) is 4.99 Å². The SMILES string of the molecule is Cc1ccccc1N=C1S/C(=C/c2ccc(F)cc2)C(=O)N1C. The number of hydrogen-bond acceptors (Lipinski definition) is 3. The fraction of sp³-hybridized carbons (Fsp3) is 0.111. The molecule has 2 aromatic carbocycles. The van der Waals surface area contributed by atoms with Gasteiger partial charge in [0.15, 0.2) is 5.17 Å². The van der Waals surface area contributed by atoms with E-state index in [-0.39, 0.29) is 11.7 Å². The van der Waals surface area contributed by atoms with Gasteiger partial charge in [-0.1, -0.05) is 30.3 Å². The number of carbonyl (C=O) groups excluding carboxylic acids is 1. The molecule has 1 aliphatic rings. The summed E-state index contributed by atoms with van der Waals surface area (Å²) in [4.78, 5) is 19.0. The van der Waals surface area contributed by atoms with E-state index in [1.165, 1.54) is 28.8 Å². The third kappa shape index (κ3) is 3.35. The third-order valence-corrected chi connectivity index (χ3v) is 4.56. The second-order valence-electron chi connectivity index (χ2n) is 5.21. The maximum atomic E-state index is 13.0. The molecule has 1 fully saturated rings. The summed E-state index contributed by atoms with van der Waals surface area (Å²) in [6.45, 7) is 1.98. The molecule has 0 unspecified atom stereocenters. The maximum absolute atomic E-state index is 13.0. The number of nitrogens with zero attached hydrogens (tertiary/aromatic N) is 2. The van der Waals surface area contributed by atoms with E-state index in [9.17, 15) is 9.18 Å². The summed E-state index contributed by atoms with van der Waals surface area (Å²) < 4.78 is 13.0. The first-order valence-electron chi connectivity index (χ1n) is 7.12. The lowest BCUT2D eigenvalue weighted by molar-refractivity contribution is -0.121. The van der Waals surface area contributed by atoms with Crippen LogP contribution < -0.4 is 0 Å². The Hall–Kier alpha value is -2.40. The van der Waals surface area contributed by atoms with E-state index in [0.717, 1.165) is 16.8 Å². The minimum absolute atomic E-state index is 0.105. The fourth-order valence-corrected chi connectivity index (χ4v) is 3.13. The van der Waals surface area contributed by atoms with E-state index in [1.54, 1.807) is 25.3 Å². The Kier molecular flexibility index (Phi) is 4.30. The second kappa shape index (κ2) is 6.38. The van der Waals surface area contributed by atoms with Crippen LogP contribution in [0.15, 0.2) is 58.4 Å². The predicted molar refractivity (Wildman–Crippen MR) is 93.0 cm³/mol. The number of aryl methyl sites for hydroxylation is 1. The quantitative estimate of drug-likeness (QED) is 0.768. The molecule has 5 heteroatoms. The second-order valence-corrected chi connectivity index (χ2v) is 6.22. The van der Waals surface area contributed by atoms with E-state index in [0.29, 0.717) is 10.1 Å². The van der Waals surface area contributed by atoms with Crippen LogP contribution in [0.5, 0.6) is 0 Å². The number of amidine groups is 1. The Morgan fingerprint density at radius 2 is 1.83 bits per heavy atom. The van der Waals surface area contributed by atoms with Crippen LogP contribution in [0.1, 0.15) is 11.1 Å². The average Bonchev–Trinajstić information content (AvgIpc) is 2.80. The third-order valence-electron chi connectivity index (χ3n) is 3.50. The number of rotatable bonds is 2. The van der Waals surface area contributed by atoms with Gasteiger partial charge in [-0.15, -0.1) is 0 Å². The van der Waals surface area contributed by atoms with Crippen LogP contribution in [0, 0.1) is 12.7 Å². The van der Waals surface area contributed by atoms with Gasteiger partial charge in [-0.3, -0.25) is 9.69 Å². The van der Waals surface area contributed by atoms with E-state index < -0.39 is 0 Å². The number of benzene rings is 2. The molecule has 2 aromatic rings. The van der Waals surface area contributed by atoms with Gasteiger partial charge in [0.05, 0.1) is 10.6 Å². The lowest BCUT2D eigenvalue weighted by atomic mass is 10.2. The van der Waals surface area contributed by atoms with Gasteiger partial charge >= 0.3 is 0 Å². The molecule has 3 nitrogen and oxygen atoms in total. The summed E-state index contributed by atoms with van der Waals surface area (Å²) in [5.74, 6) is -0.400. The van der Waals surface area contributed by atoms with Gasteiger partial charge in [0.1, 0.15) is 5.82 Å². The monoisotopic (exact) mass is 326 g/mol. The standard InChI is InChI=1S/C18H15FN2OS/c1-12-5-3-4-6-15(12)20-18-21(2)17(22)16(23-18)11-13-7-9-14(19)10-8-13/h3-11H,1-2H3/b16-11+,20-18?. The van der Waals surface area contributed by atoms with Gasteiger partial charge in [0, 0.05) is 7.05 Å². The minimum Gasteiger partial charge on any atom is -0.290 e. The first kappa shape index (κ1) is 15.5. The van der Waals surface area contributed by atoms with Crippen molar-refractivity contribution in [1.82, 2.24) is 4.90 Å². The van der Waals surface area contributed by atoms with Crippen molar-refractivity contribution in [3.63, 3.8) is 0 Å². The van der Waals surface area contributed by atoms with Crippen LogP contribution in [-0.2, 0) is 4.79 Å². The Morgan fingerprint density at radius 1 is 1.13 bits per heavy atom. The first-order valence-corrected chi connectivity index (χ1v) is 7.94. The molecule has 23 heavy (non-hydrogen) atoms. The number of thioether (sulfide) groups is 1. The van der Waals surface area contributed by atoms with Crippen molar-refractivity contribution >= 4 is 34.6 Å². The number of halogens is 1. The molecule has 1 amide bonds. The molecule has 1 saturated heterocycles. The van der Waals surface area contributed by atoms with Gasteiger partial charge in [0.25, 0.3) is 5.91 Å². The normalized spacial score (nSPS) is 18.2. The highest BCUT2D eigenvalue weighted by Gasteiger charge is 2.30. The number of likely N-dealkylation sites (N-methyl/N-ethyl adjacent to an activating group) is 1. The lowest BCUT2D eigenvalue weighted by Gasteiger charge is -2.08. The average molecular weight is 326 g/mol. The summed E-state index contributed by atoms with van der Waals surface area (Å²) in [5, 5.41) is 0.637. The number of para-hydroxylation sites is 1. The summed E-state index contributed by atoms with van der Waals surface area (Å²) >= 11 is 1.32. The molecule has 116 valence electrons. The predicted octanol–water partition coefficient (Wildman–Crippen LogP) is 4.37. The number of aliphatic imine (C=N–C) groups is 1. The molecule has 1 heterocycles. The topological polar surface area (TPSA) is 32.7 Å². The van der Waals surface area contributed by atoms with Crippen LogP contribution in [0.25, 0.3) is 6.08 Å². The Bertz CT molecular complexity index is 812. The first-order chi connectivity index (χ1) is 11.0. The molecular formula is C18H15FN2OS. The summed E-state index contributed by atoms with van der Waals surface area (Å²) in [6.07, 6.45) is 1.75. The number of hydrogen-bond donors (Lipinski definition) is 0. The van der Waals surface area contributed by atoms with Crippen LogP contribution in [0.4, 0.5) is 10.1 Å². The van der Waals surface area contributed by atoms with E-state index in [1.807, 2.05) is 31.2 Å². The Labute approximate surface area is 138 Å². The summed E-state index contributed by atoms with van der Waals surface area (Å²) in [6, 6.07) is 13.8. The van der Waals surface area contributed by atoms with Crippen molar-refractivity contribution in [3.8, 4) is 0 Å². The van der Waals surface area contributed by atoms with Crippen LogP contribution in [0.3, 0.4) is 0 Å². The lowest BCUT2D eigenvalue weighted by Crippen LogP contribution is -2.23. The highest BCUT2D eigenvalue weighted by Crippen LogP contribution is 2.33. The largest absolute Gasteiger partial charge is 0.290 e. The molecule has 0 bridgehead atoms. The molecule has 0 saturated carbocycles. The van der Waals surface area contributed by atoms with Crippen molar-refractivity contribution < 1.29 is 9.18 Å². The zero-order valence-electron chi connectivity index (χ0n) is 12.8. The fourth-order valence-electron chi connectivity index (χ4n) is 2.15. The number of carbonyl (C=O) groups is 1. The van der Waals surface area contributed by atoms with Crippen molar-refractivity contribution in [1.29, 1.82) is 0 Å². The Balaban J connectivity index is 1.91. The van der Waals surface area contributed by atoms with Gasteiger partial charge in [0.2, 0.25) is 0 Å². The van der Waals surface area contributed by atoms with Crippen LogP contribution >= 0.6 is 11.8 Å². The van der Waals surface area contributed by atoms with Crippen molar-refractivity contribution in [3.05, 3.63) is 70.4 Å². The minimum atomic E-state index is -0.295. The zero-order valence-corrected chi connectivity index (χ0v) is 13.6. The molecule has 0 atom stereocenters. The maximum Gasteiger partial charge on any atom is 0.266 e. The molecule has 0 N–H and O–H groups in total. The van der Waals surface area contributed by atoms with Crippen LogP contribution in [0.2, 0.25) is 0 Å². The van der Waals surface area contributed by atoms with Gasteiger partial charge in [-0.2, -0.15) is 0 Å². The molecule has 0 spiro atoms. The molecule has 0 aliphatic carbocycles. The van der Waals surface area contributed by atoms with Gasteiger partial charge in [-0.05, 0) is 54.1 Å². The van der Waals surface area contributed by atoms with Gasteiger partial charge in [-0.25, -0.2) is 9.38 Å². The van der Waals surface area contributed by atoms with Crippen molar-refractivity contribution in [2.75, 3.05) is 7.05 Å². The van der Waals surface area contributed by atoms with Gasteiger partial charge < -0.3 is 0 Å². The highest BCUT2D eigenvalue weighted by atomic mass is 32.2. The molecule has 0 radical (unpaired) electrons. The Morgan fingerprint density at radius 3 is 2.52 bits per heavy atom. The van der Waals surface area contributed by atoms with Crippen LogP contribution in [-0.4, -0.2) is 23.0 Å². The summed E-state index contributed by atoms with van der Waals surface area (Å²) in [7, 11) is 1.71. The van der Waals surface area contributed by atoms with E-state index >= 15 is 0 Å². The molecular weight excluding hydrogens is 311 g/mol. The van der Waals surface area contributed by atoms with E-state index in [4.69, 9.17) is 0 Å². The highest BCUT2D eigenvalue weighted by molar-refractivity contribution is 8.18.